The van der Waals surface area contributed by atoms with Crippen molar-refractivity contribution in [2.24, 2.45) is 5.92 Å². The number of likely N-dealkylation sites (N-methyl/N-ethyl adjacent to an activating group) is 1. The molecule has 1 aromatic heterocycles. The van der Waals surface area contributed by atoms with Crippen molar-refractivity contribution < 1.29 is 18.0 Å². The van der Waals surface area contributed by atoms with E-state index in [1.165, 1.54) is 19.3 Å². The van der Waals surface area contributed by atoms with Crippen LogP contribution in [0, 0.1) is 19.8 Å². The highest BCUT2D eigenvalue weighted by molar-refractivity contribution is 7.89. The zero-order chi connectivity index (χ0) is 34.1. The van der Waals surface area contributed by atoms with E-state index in [2.05, 4.69) is 29.0 Å². The summed E-state index contributed by atoms with van der Waals surface area (Å²) in [5, 5.41) is 8.06. The van der Waals surface area contributed by atoms with Crippen LogP contribution in [0.25, 0.3) is 5.69 Å². The van der Waals surface area contributed by atoms with Gasteiger partial charge in [0, 0.05) is 63.6 Å². The number of aryl methyl sites for hydroxylation is 1. The minimum absolute atomic E-state index is 0. The smallest absolute Gasteiger partial charge is 0.246 e. The van der Waals surface area contributed by atoms with E-state index in [-0.39, 0.29) is 24.2 Å². The van der Waals surface area contributed by atoms with Crippen LogP contribution < -0.4 is 5.32 Å². The highest BCUT2D eigenvalue weighted by atomic mass is 35.5. The predicted octanol–water partition coefficient (Wildman–Crippen LogP) is 4.28. The number of piperazine rings is 2. The predicted molar refractivity (Wildman–Crippen MR) is 194 cm³/mol. The van der Waals surface area contributed by atoms with Gasteiger partial charge in [0.05, 0.1) is 16.3 Å². The van der Waals surface area contributed by atoms with Crippen LogP contribution in [0.1, 0.15) is 88.1 Å². The molecule has 11 nitrogen and oxygen atoms in total. The second kappa shape index (κ2) is 15.8. The third-order valence-electron chi connectivity index (χ3n) is 11.5. The molecule has 0 bridgehead atoms. The lowest BCUT2D eigenvalue weighted by Crippen LogP contribution is -2.73. The summed E-state index contributed by atoms with van der Waals surface area (Å²) in [7, 11) is -1.53. The molecule has 1 aliphatic carbocycles. The Kier molecular flexibility index (Phi) is 12.2. The van der Waals surface area contributed by atoms with Gasteiger partial charge in [-0.3, -0.25) is 14.5 Å². The summed E-state index contributed by atoms with van der Waals surface area (Å²) in [6.45, 7) is 11.5. The largest absolute Gasteiger partial charge is 0.342 e. The number of hydrogen-bond acceptors (Lipinski definition) is 7. The highest BCUT2D eigenvalue weighted by Gasteiger charge is 2.53. The summed E-state index contributed by atoms with van der Waals surface area (Å²) in [5.41, 5.74) is 3.14. The molecule has 4 aliphatic rings. The molecule has 6 rings (SSSR count). The van der Waals surface area contributed by atoms with Crippen molar-refractivity contribution in [3.63, 3.8) is 0 Å². The Morgan fingerprint density at radius 2 is 1.59 bits per heavy atom. The number of carbonyl (C=O) groups excluding carboxylic acids is 2. The van der Waals surface area contributed by atoms with Crippen molar-refractivity contribution >= 4 is 34.2 Å². The summed E-state index contributed by atoms with van der Waals surface area (Å²) in [5.74, 6) is 0.687. The molecule has 13 heteroatoms. The minimum atomic E-state index is -3.54. The molecule has 1 spiro atoms. The number of halogens is 1. The summed E-state index contributed by atoms with van der Waals surface area (Å²) in [6, 6.07) is 6.65. The number of nitrogens with zero attached hydrogens (tertiary/aromatic N) is 6. The number of sulfonamides is 1. The number of piperidine rings is 1. The average molecular weight is 718 g/mol. The molecule has 1 aromatic carbocycles. The number of unbranched alkanes of at least 4 members (excludes halogenated alkanes) is 1. The lowest BCUT2D eigenvalue weighted by atomic mass is 9.79. The van der Waals surface area contributed by atoms with Crippen molar-refractivity contribution in [3.8, 4) is 5.69 Å². The SMILES string of the molecule is CCCCN1C(=O)[C@H](CC2CCCCC2)NC(=O)C12CCN(Cc1c(C)nn(-c3ccc(S(=O)(=O)N4CCN(C)CC4)cc3)c1C)CC2.Cl. The van der Waals surface area contributed by atoms with Gasteiger partial charge in [-0.1, -0.05) is 45.4 Å². The van der Waals surface area contributed by atoms with E-state index in [1.54, 1.807) is 16.4 Å². The number of benzene rings is 1. The van der Waals surface area contributed by atoms with Crippen LogP contribution in [0.15, 0.2) is 29.2 Å². The van der Waals surface area contributed by atoms with Crippen LogP contribution in [-0.2, 0) is 26.2 Å². The van der Waals surface area contributed by atoms with E-state index >= 15 is 0 Å². The highest BCUT2D eigenvalue weighted by Crippen LogP contribution is 2.37. The Hall–Kier alpha value is -2.51. The van der Waals surface area contributed by atoms with E-state index in [1.807, 2.05) is 35.7 Å². The zero-order valence-corrected chi connectivity index (χ0v) is 31.5. The molecular formula is C36H56ClN7O4S. The van der Waals surface area contributed by atoms with Gasteiger partial charge in [-0.05, 0) is 76.8 Å². The number of nitrogens with one attached hydrogen (secondary N) is 1. The Morgan fingerprint density at radius 3 is 2.22 bits per heavy atom. The molecule has 1 atom stereocenters. The Bertz CT molecular complexity index is 1560. The monoisotopic (exact) mass is 717 g/mol. The molecule has 1 N–H and O–H groups in total. The number of carbonyl (C=O) groups is 2. The third-order valence-corrected chi connectivity index (χ3v) is 13.4. The second-order valence-corrected chi connectivity index (χ2v) is 16.6. The van der Waals surface area contributed by atoms with Crippen LogP contribution in [0.3, 0.4) is 0 Å². The van der Waals surface area contributed by atoms with Crippen LogP contribution in [0.5, 0.6) is 0 Å². The Balaban J connectivity index is 0.00000468. The summed E-state index contributed by atoms with van der Waals surface area (Å²) >= 11 is 0. The number of rotatable bonds is 10. The molecule has 2 amide bonds. The third kappa shape index (κ3) is 7.73. The van der Waals surface area contributed by atoms with Crippen LogP contribution >= 0.6 is 12.4 Å². The van der Waals surface area contributed by atoms with Gasteiger partial charge in [-0.2, -0.15) is 9.40 Å². The lowest BCUT2D eigenvalue weighted by Gasteiger charge is -2.52. The van der Waals surface area contributed by atoms with Gasteiger partial charge in [-0.25, -0.2) is 13.1 Å². The first-order chi connectivity index (χ1) is 23.0. The van der Waals surface area contributed by atoms with Gasteiger partial charge in [0.15, 0.2) is 0 Å². The van der Waals surface area contributed by atoms with Crippen molar-refractivity contribution in [3.05, 3.63) is 41.2 Å². The van der Waals surface area contributed by atoms with Gasteiger partial charge < -0.3 is 15.1 Å². The molecule has 4 fully saturated rings. The maximum atomic E-state index is 13.9. The van der Waals surface area contributed by atoms with Crippen molar-refractivity contribution in [2.45, 2.75) is 108 Å². The Morgan fingerprint density at radius 1 is 0.939 bits per heavy atom. The average Bonchev–Trinajstić information content (AvgIpc) is 3.37. The molecule has 0 radical (unpaired) electrons. The summed E-state index contributed by atoms with van der Waals surface area (Å²) in [4.78, 5) is 34.6. The maximum Gasteiger partial charge on any atom is 0.246 e. The molecule has 3 aliphatic heterocycles. The molecule has 0 unspecified atom stereocenters. The van der Waals surface area contributed by atoms with E-state index < -0.39 is 21.6 Å². The van der Waals surface area contributed by atoms with Gasteiger partial charge in [-0.15, -0.1) is 12.4 Å². The van der Waals surface area contributed by atoms with Crippen LogP contribution in [0.4, 0.5) is 0 Å². The van der Waals surface area contributed by atoms with Crippen LogP contribution in [-0.4, -0.2) is 113 Å². The molecular weight excluding hydrogens is 662 g/mol. The minimum Gasteiger partial charge on any atom is -0.342 e. The number of amides is 2. The fraction of sp³-hybridized carbons (Fsp3) is 0.694. The van der Waals surface area contributed by atoms with Crippen LogP contribution in [0.2, 0.25) is 0 Å². The fourth-order valence-electron chi connectivity index (χ4n) is 8.33. The zero-order valence-electron chi connectivity index (χ0n) is 29.8. The van der Waals surface area contributed by atoms with E-state index in [0.717, 1.165) is 80.9 Å². The standard InChI is InChI=1S/C36H55N7O4S.ClH/c1-5-6-18-42-34(44)33(25-29-10-8-7-9-11-29)37-35(45)36(42)16-19-40(20-17-36)26-32-27(2)38-43(28(32)3)30-12-14-31(15-13-30)48(46,47)41-23-21-39(4)22-24-41;/h12-15,29,33H,5-11,16-26H2,1-4H3,(H,37,45);1H/t33-;/m0./s1. The van der Waals surface area contributed by atoms with Gasteiger partial charge in [0.1, 0.15) is 11.6 Å². The first kappa shape index (κ1) is 37.7. The van der Waals surface area contributed by atoms with Gasteiger partial charge in [0.25, 0.3) is 0 Å². The number of hydrogen-bond donors (Lipinski definition) is 1. The number of aromatic nitrogens is 2. The van der Waals surface area contributed by atoms with Gasteiger partial charge in [0.2, 0.25) is 21.8 Å². The fourth-order valence-corrected chi connectivity index (χ4v) is 9.75. The maximum absolute atomic E-state index is 13.9. The van der Waals surface area contributed by atoms with E-state index in [0.29, 0.717) is 49.8 Å². The quantitative estimate of drug-likeness (QED) is 0.391. The first-order valence-electron chi connectivity index (χ1n) is 18.2. The Labute approximate surface area is 299 Å². The first-order valence-corrected chi connectivity index (χ1v) is 19.7. The van der Waals surface area contributed by atoms with Crippen molar-refractivity contribution in [1.82, 2.24) is 34.1 Å². The lowest BCUT2D eigenvalue weighted by molar-refractivity contribution is -0.162. The molecule has 3 saturated heterocycles. The second-order valence-electron chi connectivity index (χ2n) is 14.7. The molecule has 272 valence electrons. The topological polar surface area (TPSA) is 111 Å². The summed E-state index contributed by atoms with van der Waals surface area (Å²) < 4.78 is 29.9. The molecule has 2 aromatic rings. The number of likely N-dealkylation sites (tertiary alicyclic amines) is 1. The van der Waals surface area contributed by atoms with E-state index in [4.69, 9.17) is 5.10 Å². The molecule has 49 heavy (non-hydrogen) atoms. The van der Waals surface area contributed by atoms with Gasteiger partial charge >= 0.3 is 0 Å². The van der Waals surface area contributed by atoms with Crippen molar-refractivity contribution in [2.75, 3.05) is 52.9 Å². The van der Waals surface area contributed by atoms with Crippen molar-refractivity contribution in [1.29, 1.82) is 0 Å². The molecule has 4 heterocycles. The summed E-state index contributed by atoms with van der Waals surface area (Å²) in [6.07, 6.45) is 9.96. The van der Waals surface area contributed by atoms with E-state index in [9.17, 15) is 18.0 Å². The normalized spacial score (nSPS) is 23.1. The molecule has 1 saturated carbocycles.